The normalized spacial score (nSPS) is 12.0. The van der Waals surface area contributed by atoms with Crippen molar-refractivity contribution >= 4 is 17.4 Å². The highest BCUT2D eigenvalue weighted by molar-refractivity contribution is 7.98. The Bertz CT molecular complexity index is 1010. The number of methoxy groups -OCH3 is 1. The zero-order valence-electron chi connectivity index (χ0n) is 16.5. The molecule has 1 heterocycles. The van der Waals surface area contributed by atoms with Crippen LogP contribution in [0.25, 0.3) is 0 Å². The van der Waals surface area contributed by atoms with Gasteiger partial charge in [-0.1, -0.05) is 36.0 Å². The molecule has 0 N–H and O–H groups in total. The van der Waals surface area contributed by atoms with Crippen LogP contribution in [0.5, 0.6) is 5.75 Å². The number of thioether (sulfide) groups is 1. The Morgan fingerprint density at radius 2 is 2.03 bits per heavy atom. The van der Waals surface area contributed by atoms with Gasteiger partial charge in [0, 0.05) is 25.0 Å². The lowest BCUT2D eigenvalue weighted by Gasteiger charge is -2.17. The molecule has 0 amide bonds. The van der Waals surface area contributed by atoms with E-state index in [1.165, 1.54) is 30.0 Å². The molecule has 1 atom stereocenters. The van der Waals surface area contributed by atoms with Crippen LogP contribution in [0, 0.1) is 15.9 Å². The highest BCUT2D eigenvalue weighted by Gasteiger charge is 2.19. The first-order chi connectivity index (χ1) is 14.5. The Morgan fingerprint density at radius 3 is 2.77 bits per heavy atom. The Hall–Kier alpha value is -2.98. The van der Waals surface area contributed by atoms with E-state index in [1.807, 2.05) is 17.6 Å². The van der Waals surface area contributed by atoms with E-state index in [0.717, 1.165) is 5.56 Å². The number of nitro groups is 1. The maximum Gasteiger partial charge on any atom is 0.269 e. The van der Waals surface area contributed by atoms with Gasteiger partial charge in [-0.3, -0.25) is 14.7 Å². The molecule has 0 aliphatic rings. The van der Waals surface area contributed by atoms with Crippen molar-refractivity contribution < 1.29 is 18.8 Å². The van der Waals surface area contributed by atoms with Gasteiger partial charge in [0.1, 0.15) is 6.61 Å². The van der Waals surface area contributed by atoms with Crippen LogP contribution in [0.2, 0.25) is 0 Å². The van der Waals surface area contributed by atoms with Gasteiger partial charge in [-0.15, -0.1) is 10.2 Å². The fourth-order valence-electron chi connectivity index (χ4n) is 2.87. The maximum atomic E-state index is 13.8. The minimum atomic E-state index is -0.450. The van der Waals surface area contributed by atoms with Gasteiger partial charge in [-0.05, 0) is 24.6 Å². The summed E-state index contributed by atoms with van der Waals surface area (Å²) in [6.45, 7) is 2.42. The number of nitro benzene ring substituents is 1. The lowest BCUT2D eigenvalue weighted by molar-refractivity contribution is -0.384. The van der Waals surface area contributed by atoms with Crippen LogP contribution in [0.15, 0.2) is 53.7 Å². The molecule has 2 aromatic carbocycles. The zero-order chi connectivity index (χ0) is 21.5. The second kappa shape index (κ2) is 10.2. The van der Waals surface area contributed by atoms with Crippen LogP contribution < -0.4 is 4.74 Å². The molecule has 158 valence electrons. The molecule has 0 spiro atoms. The van der Waals surface area contributed by atoms with Gasteiger partial charge >= 0.3 is 0 Å². The third kappa shape index (κ3) is 5.33. The lowest BCUT2D eigenvalue weighted by atomic mass is 10.2. The van der Waals surface area contributed by atoms with Gasteiger partial charge < -0.3 is 9.47 Å². The van der Waals surface area contributed by atoms with Gasteiger partial charge in [0.25, 0.3) is 5.69 Å². The number of non-ortho nitro benzene ring substituents is 1. The molecule has 0 saturated heterocycles. The second-order valence-corrected chi connectivity index (χ2v) is 7.45. The van der Waals surface area contributed by atoms with Crippen LogP contribution in [-0.4, -0.2) is 33.4 Å². The van der Waals surface area contributed by atoms with E-state index in [2.05, 4.69) is 10.2 Å². The summed E-state index contributed by atoms with van der Waals surface area (Å²) in [4.78, 5) is 10.6. The van der Waals surface area contributed by atoms with E-state index in [9.17, 15) is 14.5 Å². The molecule has 0 aliphatic heterocycles. The molecule has 3 rings (SSSR count). The summed E-state index contributed by atoms with van der Waals surface area (Å²) >= 11 is 1.40. The van der Waals surface area contributed by atoms with Crippen molar-refractivity contribution in [2.24, 2.45) is 0 Å². The van der Waals surface area contributed by atoms with E-state index >= 15 is 0 Å². The number of ether oxygens (including phenoxy) is 2. The number of rotatable bonds is 10. The fraction of sp³-hybridized carbons (Fsp3) is 0.300. The molecule has 0 aliphatic carbocycles. The molecule has 3 aromatic rings. The van der Waals surface area contributed by atoms with Crippen LogP contribution in [0.1, 0.15) is 24.4 Å². The molecule has 0 fully saturated rings. The summed E-state index contributed by atoms with van der Waals surface area (Å²) < 4.78 is 26.6. The van der Waals surface area contributed by atoms with Crippen molar-refractivity contribution in [3.05, 3.63) is 75.9 Å². The highest BCUT2D eigenvalue weighted by Crippen LogP contribution is 2.27. The molecular weight excluding hydrogens is 411 g/mol. The van der Waals surface area contributed by atoms with Crippen LogP contribution in [0.4, 0.5) is 10.1 Å². The van der Waals surface area contributed by atoms with Gasteiger partial charge in [0.15, 0.2) is 22.5 Å². The summed E-state index contributed by atoms with van der Waals surface area (Å²) in [7, 11) is 1.60. The Morgan fingerprint density at radius 1 is 1.23 bits per heavy atom. The van der Waals surface area contributed by atoms with Crippen LogP contribution in [-0.2, 0) is 17.1 Å². The Labute approximate surface area is 177 Å². The third-order valence-corrected chi connectivity index (χ3v) is 5.28. The first kappa shape index (κ1) is 21.7. The van der Waals surface area contributed by atoms with Crippen LogP contribution in [0.3, 0.4) is 0 Å². The second-order valence-electron chi connectivity index (χ2n) is 6.51. The summed E-state index contributed by atoms with van der Waals surface area (Å²) in [6.07, 6.45) is 0. The summed E-state index contributed by atoms with van der Waals surface area (Å²) in [5, 5.41) is 20.0. The molecule has 0 radical (unpaired) electrons. The Kier molecular flexibility index (Phi) is 7.36. The smallest absolute Gasteiger partial charge is 0.269 e. The van der Waals surface area contributed by atoms with Crippen molar-refractivity contribution in [2.45, 2.75) is 30.5 Å². The van der Waals surface area contributed by atoms with Crippen LogP contribution >= 0.6 is 11.8 Å². The predicted molar refractivity (Wildman–Crippen MR) is 110 cm³/mol. The summed E-state index contributed by atoms with van der Waals surface area (Å²) in [5.41, 5.74) is 0.841. The molecule has 8 nitrogen and oxygen atoms in total. The predicted octanol–water partition coefficient (Wildman–Crippen LogP) is 4.40. The van der Waals surface area contributed by atoms with Gasteiger partial charge in [-0.25, -0.2) is 4.39 Å². The lowest BCUT2D eigenvalue weighted by Crippen LogP contribution is -2.16. The quantitative estimate of drug-likeness (QED) is 0.266. The number of halogens is 1. The summed E-state index contributed by atoms with van der Waals surface area (Å²) in [6, 6.07) is 12.5. The van der Waals surface area contributed by atoms with Crippen molar-refractivity contribution in [1.82, 2.24) is 14.8 Å². The minimum absolute atomic E-state index is 0.0410. The monoisotopic (exact) mass is 432 g/mol. The number of benzene rings is 2. The van der Waals surface area contributed by atoms with Gasteiger partial charge in [0.2, 0.25) is 0 Å². The number of para-hydroxylation sites is 1. The summed E-state index contributed by atoms with van der Waals surface area (Å²) in [5.74, 6) is 0.698. The van der Waals surface area contributed by atoms with E-state index in [4.69, 9.17) is 9.47 Å². The zero-order valence-corrected chi connectivity index (χ0v) is 17.3. The van der Waals surface area contributed by atoms with E-state index in [1.54, 1.807) is 31.4 Å². The average Bonchev–Trinajstić information content (AvgIpc) is 3.15. The fourth-order valence-corrected chi connectivity index (χ4v) is 3.87. The van der Waals surface area contributed by atoms with E-state index in [0.29, 0.717) is 23.3 Å². The number of aromatic nitrogens is 3. The maximum absolute atomic E-state index is 13.8. The Balaban J connectivity index is 1.77. The van der Waals surface area contributed by atoms with E-state index < -0.39 is 10.7 Å². The number of hydrogen-bond donors (Lipinski definition) is 0. The molecule has 1 aromatic heterocycles. The standard InChI is InChI=1S/C20H21FN4O4S/c1-14(11-28-2)24-19(12-29-18-9-4-3-8-17(18)21)22-23-20(24)30-13-15-6-5-7-16(10-15)25(26)27/h3-10,14H,11-13H2,1-2H3. The van der Waals surface area contributed by atoms with Gasteiger partial charge in [0.05, 0.1) is 17.6 Å². The molecule has 1 unspecified atom stereocenters. The van der Waals surface area contributed by atoms with Crippen molar-refractivity contribution in [3.8, 4) is 5.75 Å². The molecule has 30 heavy (non-hydrogen) atoms. The topological polar surface area (TPSA) is 92.3 Å². The number of nitrogens with zero attached hydrogens (tertiary/aromatic N) is 4. The third-order valence-electron chi connectivity index (χ3n) is 4.27. The van der Waals surface area contributed by atoms with E-state index in [-0.39, 0.29) is 24.1 Å². The first-order valence-corrected chi connectivity index (χ1v) is 10.1. The largest absolute Gasteiger partial charge is 0.483 e. The molecular formula is C20H21FN4O4S. The average molecular weight is 432 g/mol. The van der Waals surface area contributed by atoms with Crippen molar-refractivity contribution in [1.29, 1.82) is 0 Å². The van der Waals surface area contributed by atoms with Gasteiger partial charge in [-0.2, -0.15) is 0 Å². The SMILES string of the molecule is COCC(C)n1c(COc2ccccc2F)nnc1SCc1cccc([N+](=O)[O-])c1. The molecule has 10 heteroatoms. The van der Waals surface area contributed by atoms with Crippen molar-refractivity contribution in [2.75, 3.05) is 13.7 Å². The first-order valence-electron chi connectivity index (χ1n) is 9.15. The molecule has 0 bridgehead atoms. The van der Waals surface area contributed by atoms with Crippen molar-refractivity contribution in [3.63, 3.8) is 0 Å². The highest BCUT2D eigenvalue weighted by atomic mass is 32.2. The minimum Gasteiger partial charge on any atom is -0.483 e. The number of hydrogen-bond acceptors (Lipinski definition) is 7. The molecule has 0 saturated carbocycles.